The van der Waals surface area contributed by atoms with Crippen molar-refractivity contribution in [3.8, 4) is 0 Å². The molecule has 47 heavy (non-hydrogen) atoms. The van der Waals surface area contributed by atoms with Gasteiger partial charge in [0.25, 0.3) is 5.91 Å². The lowest BCUT2D eigenvalue weighted by atomic mass is 9.58. The van der Waals surface area contributed by atoms with Crippen molar-refractivity contribution < 1.29 is 14.3 Å². The monoisotopic (exact) mass is 659 g/mol. The Morgan fingerprint density at radius 3 is 2.53 bits per heavy atom. The van der Waals surface area contributed by atoms with E-state index < -0.39 is 17.1 Å². The van der Waals surface area contributed by atoms with Gasteiger partial charge in [0.15, 0.2) is 0 Å². The second-order valence-corrected chi connectivity index (χ2v) is 15.7. The van der Waals surface area contributed by atoms with Crippen LogP contribution in [0, 0.1) is 11.8 Å². The molecule has 6 rings (SSSR count). The maximum atomic E-state index is 14.3. The van der Waals surface area contributed by atoms with E-state index in [0.717, 1.165) is 59.9 Å². The highest BCUT2D eigenvalue weighted by Gasteiger charge is 2.49. The number of benzene rings is 1. The maximum Gasteiger partial charge on any atom is 0.415 e. The second-order valence-electron chi connectivity index (χ2n) is 14.9. The fourth-order valence-electron chi connectivity index (χ4n) is 7.73. The number of hydrogen-bond donors (Lipinski definition) is 0. The molecular formula is C36H49N7O3S. The van der Waals surface area contributed by atoms with Gasteiger partial charge in [-0.1, -0.05) is 13.8 Å². The number of likely N-dealkylation sites (tertiary alicyclic amines) is 1. The third kappa shape index (κ3) is 6.53. The number of fused-ring (bicyclic) bond motifs is 1. The molecule has 0 radical (unpaired) electrons. The molecule has 2 aromatic heterocycles. The molecule has 3 aromatic rings. The molecule has 10 nitrogen and oxygen atoms in total. The molecule has 0 N–H and O–H groups in total. The molecule has 11 heteroatoms. The molecule has 1 aromatic carbocycles. The van der Waals surface area contributed by atoms with Gasteiger partial charge in [-0.3, -0.25) is 19.5 Å². The van der Waals surface area contributed by atoms with Crippen molar-refractivity contribution in [1.82, 2.24) is 24.6 Å². The lowest BCUT2D eigenvalue weighted by Gasteiger charge is -2.46. The molecule has 1 saturated heterocycles. The van der Waals surface area contributed by atoms with E-state index in [0.29, 0.717) is 36.6 Å². The van der Waals surface area contributed by atoms with Gasteiger partial charge in [0.2, 0.25) is 0 Å². The highest BCUT2D eigenvalue weighted by atomic mass is 32.2. The molecular weight excluding hydrogens is 611 g/mol. The average molecular weight is 660 g/mol. The van der Waals surface area contributed by atoms with Crippen LogP contribution in [0.25, 0.3) is 0 Å². The van der Waals surface area contributed by atoms with Crippen molar-refractivity contribution in [3.05, 3.63) is 58.7 Å². The number of nitrogens with zero attached hydrogens (tertiary/aromatic N) is 7. The number of hydrogen-bond acceptors (Lipinski definition) is 8. The van der Waals surface area contributed by atoms with Crippen LogP contribution < -0.4 is 9.80 Å². The summed E-state index contributed by atoms with van der Waals surface area (Å²) in [5.41, 5.74) is 2.84. The predicted octanol–water partition coefficient (Wildman–Crippen LogP) is 6.80. The Kier molecular flexibility index (Phi) is 9.17. The highest BCUT2D eigenvalue weighted by molar-refractivity contribution is 7.98. The Balaban J connectivity index is 1.42. The van der Waals surface area contributed by atoms with Crippen LogP contribution in [0.4, 0.5) is 16.4 Å². The molecule has 2 aliphatic heterocycles. The lowest BCUT2D eigenvalue weighted by Crippen LogP contribution is -2.44. The van der Waals surface area contributed by atoms with Gasteiger partial charge in [0.05, 0.1) is 12.0 Å². The Morgan fingerprint density at radius 1 is 1.15 bits per heavy atom. The summed E-state index contributed by atoms with van der Waals surface area (Å²) in [4.78, 5) is 39.8. The minimum absolute atomic E-state index is 0.0604. The van der Waals surface area contributed by atoms with E-state index in [9.17, 15) is 9.59 Å². The first-order valence-corrected chi connectivity index (χ1v) is 18.2. The topological polar surface area (TPSA) is 96.7 Å². The van der Waals surface area contributed by atoms with Gasteiger partial charge in [-0.15, -0.1) is 22.0 Å². The minimum Gasteiger partial charge on any atom is -0.443 e. The highest BCUT2D eigenvalue weighted by Crippen LogP contribution is 2.52. The van der Waals surface area contributed by atoms with Crippen LogP contribution in [0.1, 0.15) is 100 Å². The summed E-state index contributed by atoms with van der Waals surface area (Å²) in [6.07, 6.45) is 7.59. The first kappa shape index (κ1) is 33.5. The molecule has 252 valence electrons. The fraction of sp³-hybridized carbons (Fsp3) is 0.583. The van der Waals surface area contributed by atoms with Crippen LogP contribution in [-0.2, 0) is 30.3 Å². The van der Waals surface area contributed by atoms with E-state index in [2.05, 4.69) is 47.3 Å². The van der Waals surface area contributed by atoms with E-state index in [1.165, 1.54) is 18.4 Å². The molecule has 2 amide bonds. The number of carbonyl (C=O) groups excluding carboxylic acids is 2. The molecule has 2 fully saturated rings. The smallest absolute Gasteiger partial charge is 0.415 e. The third-order valence-corrected chi connectivity index (χ3v) is 10.6. The number of piperidine rings is 1. The molecule has 4 heterocycles. The zero-order valence-electron chi connectivity index (χ0n) is 29.2. The summed E-state index contributed by atoms with van der Waals surface area (Å²) in [6.45, 7) is 15.8. The third-order valence-electron chi connectivity index (χ3n) is 9.80. The van der Waals surface area contributed by atoms with Crippen LogP contribution in [0.15, 0.2) is 35.5 Å². The molecule has 3 aliphatic rings. The molecule has 0 bridgehead atoms. The quantitative estimate of drug-likeness (QED) is 0.244. The fourth-order valence-corrected chi connectivity index (χ4v) is 8.42. The Hall–Kier alpha value is -3.44. The van der Waals surface area contributed by atoms with E-state index >= 15 is 0 Å². The van der Waals surface area contributed by atoms with Crippen molar-refractivity contribution in [2.24, 2.45) is 18.9 Å². The number of aromatic nitrogens is 4. The van der Waals surface area contributed by atoms with Crippen LogP contribution >= 0.6 is 11.8 Å². The average Bonchev–Trinajstić information content (AvgIpc) is 3.57. The van der Waals surface area contributed by atoms with E-state index in [-0.39, 0.29) is 5.91 Å². The number of rotatable bonds is 8. The molecule has 1 saturated carbocycles. The maximum absolute atomic E-state index is 14.3. The summed E-state index contributed by atoms with van der Waals surface area (Å²) in [6, 6.07) is 8.37. The largest absolute Gasteiger partial charge is 0.443 e. The zero-order valence-corrected chi connectivity index (χ0v) is 30.0. The van der Waals surface area contributed by atoms with Crippen molar-refractivity contribution in [3.63, 3.8) is 0 Å². The number of carbonyl (C=O) groups is 2. The molecule has 1 aliphatic carbocycles. The van der Waals surface area contributed by atoms with Crippen LogP contribution in [0.5, 0.6) is 0 Å². The Morgan fingerprint density at radius 2 is 1.91 bits per heavy atom. The van der Waals surface area contributed by atoms with Gasteiger partial charge in [0, 0.05) is 37.1 Å². The van der Waals surface area contributed by atoms with Gasteiger partial charge in [-0.05, 0) is 119 Å². The van der Waals surface area contributed by atoms with Gasteiger partial charge >= 0.3 is 6.09 Å². The lowest BCUT2D eigenvalue weighted by molar-refractivity contribution is 0.0581. The summed E-state index contributed by atoms with van der Waals surface area (Å²) in [7, 11) is 1.97. The van der Waals surface area contributed by atoms with Gasteiger partial charge in [-0.25, -0.2) is 9.78 Å². The van der Waals surface area contributed by atoms with Crippen molar-refractivity contribution in [1.29, 1.82) is 0 Å². The van der Waals surface area contributed by atoms with E-state index in [1.807, 2.05) is 51.4 Å². The van der Waals surface area contributed by atoms with E-state index in [1.54, 1.807) is 27.9 Å². The summed E-state index contributed by atoms with van der Waals surface area (Å²) in [5.74, 6) is 2.98. The Labute approximate surface area is 283 Å². The van der Waals surface area contributed by atoms with Crippen molar-refractivity contribution in [2.75, 3.05) is 35.7 Å². The second kappa shape index (κ2) is 12.9. The normalized spacial score (nSPS) is 23.1. The number of anilines is 2. The molecule has 0 unspecified atom stereocenters. The molecule has 0 spiro atoms. The van der Waals surface area contributed by atoms with Crippen LogP contribution in [0.3, 0.4) is 0 Å². The van der Waals surface area contributed by atoms with Crippen molar-refractivity contribution >= 4 is 35.4 Å². The number of thioether (sulfide) groups is 1. The number of ether oxygens (including phenoxy) is 1. The van der Waals surface area contributed by atoms with Crippen LogP contribution in [0.2, 0.25) is 0 Å². The van der Waals surface area contributed by atoms with E-state index in [4.69, 9.17) is 9.72 Å². The Bertz CT molecular complexity index is 1660. The summed E-state index contributed by atoms with van der Waals surface area (Å²) >= 11 is 1.69. The standard InChI is InChI=1S/C36H49N7O3S/c1-9-42(34(45)46-35(4,5)6)30-15-26(36(17-24(3)18-36)33-39-37-22-40(33)7)16-31(38-30)43-21-28-27(32(43)44)13-25(14-29(28)47-8)20-41-12-10-11-23(2)19-41/h13-16,22-24H,9-12,17-21H2,1-8H3/t23-,24-,36+/m0/s1. The van der Waals surface area contributed by atoms with Crippen molar-refractivity contribution in [2.45, 2.75) is 96.2 Å². The molecule has 1 atom stereocenters. The summed E-state index contributed by atoms with van der Waals surface area (Å²) < 4.78 is 7.78. The first-order chi connectivity index (χ1) is 22.3. The zero-order chi connectivity index (χ0) is 33.7. The predicted molar refractivity (Wildman–Crippen MR) is 186 cm³/mol. The van der Waals surface area contributed by atoms with Crippen LogP contribution in [-0.4, -0.2) is 68.1 Å². The first-order valence-electron chi connectivity index (χ1n) is 16.9. The number of amides is 2. The number of pyridine rings is 1. The SMILES string of the molecule is CCN(C(=O)OC(C)(C)C)c1cc([C@]2(c3nncn3C)C[C@@H](C)C2)cc(N2Cc3c(SC)cc(CN4CCC[C@H](C)C4)cc3C2=O)n1. The summed E-state index contributed by atoms with van der Waals surface area (Å²) in [5, 5.41) is 8.78. The number of aryl methyl sites for hydroxylation is 1. The van der Waals surface area contributed by atoms with Gasteiger partial charge in [-0.2, -0.15) is 0 Å². The minimum atomic E-state index is -0.668. The van der Waals surface area contributed by atoms with Gasteiger partial charge < -0.3 is 9.30 Å². The van der Waals surface area contributed by atoms with Gasteiger partial charge in [0.1, 0.15) is 29.4 Å².